The van der Waals surface area contributed by atoms with Gasteiger partial charge in [0.2, 0.25) is 0 Å². The summed E-state index contributed by atoms with van der Waals surface area (Å²) in [6.45, 7) is 0.489. The van der Waals surface area contributed by atoms with Gasteiger partial charge in [0.15, 0.2) is 5.03 Å². The Labute approximate surface area is 110 Å². The molecule has 1 aromatic rings. The van der Waals surface area contributed by atoms with E-state index in [0.29, 0.717) is 6.54 Å². The molecule has 0 aliphatic heterocycles. The molecular formula is C9H16IN3O2S. The molecule has 0 amide bonds. The molecule has 0 unspecified atom stereocenters. The van der Waals surface area contributed by atoms with Crippen molar-refractivity contribution in [1.82, 2.24) is 14.7 Å². The Morgan fingerprint density at radius 2 is 2.06 bits per heavy atom. The zero-order valence-electron chi connectivity index (χ0n) is 8.95. The number of aromatic nitrogens is 2. The number of nitrogens with one attached hydrogen (secondary N) is 2. The third-order valence-corrected chi connectivity index (χ3v) is 4.26. The molecule has 92 valence electrons. The SMILES string of the molecule is O=S(=O)(NCCCCCCI)c1cnc[nH]1. The van der Waals surface area contributed by atoms with Gasteiger partial charge in [-0.25, -0.2) is 18.1 Å². The maximum atomic E-state index is 11.6. The fourth-order valence-corrected chi connectivity index (χ4v) is 2.76. The summed E-state index contributed by atoms with van der Waals surface area (Å²) in [5.74, 6) is 0. The van der Waals surface area contributed by atoms with Crippen molar-refractivity contribution in [3.05, 3.63) is 12.5 Å². The maximum Gasteiger partial charge on any atom is 0.257 e. The van der Waals surface area contributed by atoms with E-state index in [1.807, 2.05) is 0 Å². The first-order valence-corrected chi connectivity index (χ1v) is 8.21. The van der Waals surface area contributed by atoms with E-state index in [-0.39, 0.29) is 5.03 Å². The lowest BCUT2D eigenvalue weighted by atomic mass is 10.2. The molecule has 1 heterocycles. The Kier molecular flexibility index (Phi) is 6.29. The molecule has 5 nitrogen and oxygen atoms in total. The second-order valence-electron chi connectivity index (χ2n) is 3.42. The molecule has 7 heteroatoms. The number of nitrogens with zero attached hydrogens (tertiary/aromatic N) is 1. The van der Waals surface area contributed by atoms with E-state index in [1.165, 1.54) is 18.9 Å². The number of halogens is 1. The summed E-state index contributed by atoms with van der Waals surface area (Å²) < 4.78 is 26.9. The van der Waals surface area contributed by atoms with Crippen molar-refractivity contribution in [1.29, 1.82) is 0 Å². The van der Waals surface area contributed by atoms with E-state index in [1.54, 1.807) is 0 Å². The van der Waals surface area contributed by atoms with Crippen molar-refractivity contribution >= 4 is 32.6 Å². The number of hydrogen-bond donors (Lipinski definition) is 2. The standard InChI is InChI=1S/C9H16IN3O2S/c10-5-3-1-2-4-6-13-16(14,15)9-7-11-8-12-9/h7-8,13H,1-6H2,(H,11,12). The van der Waals surface area contributed by atoms with Gasteiger partial charge in [0.25, 0.3) is 10.0 Å². The summed E-state index contributed by atoms with van der Waals surface area (Å²) in [5, 5.41) is 0.125. The summed E-state index contributed by atoms with van der Waals surface area (Å²) in [7, 11) is -3.38. The first-order chi connectivity index (χ1) is 7.67. The van der Waals surface area contributed by atoms with Crippen LogP contribution >= 0.6 is 22.6 Å². The van der Waals surface area contributed by atoms with Gasteiger partial charge in [0, 0.05) is 6.54 Å². The van der Waals surface area contributed by atoms with Crippen molar-refractivity contribution in [2.75, 3.05) is 11.0 Å². The van der Waals surface area contributed by atoms with Crippen molar-refractivity contribution in [3.8, 4) is 0 Å². The summed E-state index contributed by atoms with van der Waals surface area (Å²) in [4.78, 5) is 6.26. The second-order valence-corrected chi connectivity index (χ2v) is 6.23. The van der Waals surface area contributed by atoms with Gasteiger partial charge in [0.1, 0.15) is 0 Å². The molecular weight excluding hydrogens is 341 g/mol. The molecule has 1 aromatic heterocycles. The molecule has 0 saturated carbocycles. The summed E-state index contributed by atoms with van der Waals surface area (Å²) in [6.07, 6.45) is 6.97. The first kappa shape index (κ1) is 13.9. The lowest BCUT2D eigenvalue weighted by Crippen LogP contribution is -2.25. The van der Waals surface area contributed by atoms with Crippen LogP contribution in [0.1, 0.15) is 25.7 Å². The quantitative estimate of drug-likeness (QED) is 0.422. The normalized spacial score (nSPS) is 11.8. The first-order valence-electron chi connectivity index (χ1n) is 5.21. The summed E-state index contributed by atoms with van der Waals surface area (Å²) in [6, 6.07) is 0. The fraction of sp³-hybridized carbons (Fsp3) is 0.667. The molecule has 16 heavy (non-hydrogen) atoms. The molecule has 0 radical (unpaired) electrons. The Balaban J connectivity index is 2.22. The van der Waals surface area contributed by atoms with Crippen LogP contribution in [0.3, 0.4) is 0 Å². The smallest absolute Gasteiger partial charge is 0.257 e. The molecule has 0 aliphatic carbocycles. The van der Waals surface area contributed by atoms with Crippen LogP contribution in [0.4, 0.5) is 0 Å². The molecule has 0 atom stereocenters. The Morgan fingerprint density at radius 1 is 1.31 bits per heavy atom. The van der Waals surface area contributed by atoms with E-state index in [9.17, 15) is 8.42 Å². The van der Waals surface area contributed by atoms with Crippen LogP contribution in [0.5, 0.6) is 0 Å². The molecule has 2 N–H and O–H groups in total. The summed E-state index contributed by atoms with van der Waals surface area (Å²) >= 11 is 2.35. The number of imidazole rings is 1. The number of rotatable bonds is 8. The van der Waals surface area contributed by atoms with Crippen LogP contribution in [0.15, 0.2) is 17.6 Å². The largest absolute Gasteiger partial charge is 0.335 e. The van der Waals surface area contributed by atoms with E-state index in [2.05, 4.69) is 37.3 Å². The molecule has 0 saturated heterocycles. The van der Waals surface area contributed by atoms with Crippen LogP contribution in [0.25, 0.3) is 0 Å². The number of aromatic amines is 1. The van der Waals surface area contributed by atoms with Gasteiger partial charge in [-0.2, -0.15) is 0 Å². The van der Waals surface area contributed by atoms with E-state index < -0.39 is 10.0 Å². The van der Waals surface area contributed by atoms with Crippen LogP contribution in [0.2, 0.25) is 0 Å². The van der Waals surface area contributed by atoms with E-state index in [0.717, 1.165) is 23.7 Å². The number of H-pyrrole nitrogens is 1. The lowest BCUT2D eigenvalue weighted by molar-refractivity contribution is 0.571. The minimum atomic E-state index is -3.38. The number of hydrogen-bond acceptors (Lipinski definition) is 3. The monoisotopic (exact) mass is 357 g/mol. The molecule has 0 aliphatic rings. The van der Waals surface area contributed by atoms with Gasteiger partial charge < -0.3 is 4.98 Å². The molecule has 1 rings (SSSR count). The average molecular weight is 357 g/mol. The third-order valence-electron chi connectivity index (χ3n) is 2.12. The van der Waals surface area contributed by atoms with Crippen LogP contribution in [-0.2, 0) is 10.0 Å². The highest BCUT2D eigenvalue weighted by atomic mass is 127. The topological polar surface area (TPSA) is 74.8 Å². The maximum absolute atomic E-state index is 11.6. The van der Waals surface area contributed by atoms with Crippen LogP contribution in [0, 0.1) is 0 Å². The fourth-order valence-electron chi connectivity index (χ4n) is 1.25. The van der Waals surface area contributed by atoms with E-state index in [4.69, 9.17) is 0 Å². The highest BCUT2D eigenvalue weighted by molar-refractivity contribution is 14.1. The van der Waals surface area contributed by atoms with Gasteiger partial charge in [-0.15, -0.1) is 0 Å². The minimum absolute atomic E-state index is 0.125. The molecule has 0 spiro atoms. The molecule has 0 aromatic carbocycles. The van der Waals surface area contributed by atoms with Crippen molar-refractivity contribution in [2.45, 2.75) is 30.7 Å². The zero-order chi connectivity index (χ0) is 11.9. The van der Waals surface area contributed by atoms with Gasteiger partial charge in [-0.1, -0.05) is 35.4 Å². The Morgan fingerprint density at radius 3 is 2.69 bits per heavy atom. The highest BCUT2D eigenvalue weighted by Gasteiger charge is 2.13. The number of sulfonamides is 1. The van der Waals surface area contributed by atoms with Crippen molar-refractivity contribution < 1.29 is 8.42 Å². The predicted octanol–water partition coefficient (Wildman–Crippen LogP) is 1.68. The Bertz CT molecular complexity index is 377. The Hall–Kier alpha value is -0.150. The molecule has 0 fully saturated rings. The zero-order valence-corrected chi connectivity index (χ0v) is 11.9. The average Bonchev–Trinajstić information content (AvgIpc) is 2.77. The van der Waals surface area contributed by atoms with Gasteiger partial charge >= 0.3 is 0 Å². The minimum Gasteiger partial charge on any atom is -0.335 e. The molecule has 0 bridgehead atoms. The number of alkyl halides is 1. The van der Waals surface area contributed by atoms with Crippen LogP contribution in [-0.4, -0.2) is 29.4 Å². The third kappa shape index (κ3) is 4.79. The lowest BCUT2D eigenvalue weighted by Gasteiger charge is -2.03. The number of unbranched alkanes of at least 4 members (excludes halogenated alkanes) is 3. The van der Waals surface area contributed by atoms with E-state index >= 15 is 0 Å². The van der Waals surface area contributed by atoms with Crippen molar-refractivity contribution in [3.63, 3.8) is 0 Å². The predicted molar refractivity (Wildman–Crippen MR) is 71.1 cm³/mol. The van der Waals surface area contributed by atoms with Crippen molar-refractivity contribution in [2.24, 2.45) is 0 Å². The van der Waals surface area contributed by atoms with Crippen LogP contribution < -0.4 is 4.72 Å². The van der Waals surface area contributed by atoms with Gasteiger partial charge in [-0.05, 0) is 17.3 Å². The summed E-state index contributed by atoms with van der Waals surface area (Å²) in [5.41, 5.74) is 0. The second kappa shape index (κ2) is 7.23. The highest BCUT2D eigenvalue weighted by Crippen LogP contribution is 2.04. The van der Waals surface area contributed by atoms with Gasteiger partial charge in [-0.3, -0.25) is 0 Å². The van der Waals surface area contributed by atoms with Gasteiger partial charge in [0.05, 0.1) is 12.5 Å².